The molecule has 0 radical (unpaired) electrons. The van der Waals surface area contributed by atoms with Crippen molar-refractivity contribution in [2.75, 3.05) is 0 Å². The molecule has 0 aliphatic rings. The van der Waals surface area contributed by atoms with Gasteiger partial charge in [0.25, 0.3) is 0 Å². The Balaban J connectivity index is 0.000000151. The van der Waals surface area contributed by atoms with Crippen molar-refractivity contribution in [3.05, 3.63) is 204 Å². The molecule has 5 nitrogen and oxygen atoms in total. The first-order chi connectivity index (χ1) is 27.7. The van der Waals surface area contributed by atoms with Crippen molar-refractivity contribution >= 4 is 44.2 Å². The minimum atomic E-state index is -5.63. The van der Waals surface area contributed by atoms with Crippen LogP contribution in [0.4, 0.5) is 13.2 Å². The van der Waals surface area contributed by atoms with Crippen LogP contribution in [0.15, 0.2) is 182 Å². The third-order valence-electron chi connectivity index (χ3n) is 9.28. The quantitative estimate of drug-likeness (QED) is 0.0953. The molecule has 10 heteroatoms. The molecule has 0 aromatic heterocycles. The molecular weight excluding hydrogens is 756 g/mol. The van der Waals surface area contributed by atoms with Crippen LogP contribution in [0.2, 0.25) is 0 Å². The zero-order valence-corrected chi connectivity index (χ0v) is 32.6. The van der Waals surface area contributed by atoms with Gasteiger partial charge in [0.2, 0.25) is 0 Å². The molecule has 8 rings (SSSR count). The lowest BCUT2D eigenvalue weighted by atomic mass is 9.79. The third kappa shape index (κ3) is 11.0. The summed E-state index contributed by atoms with van der Waals surface area (Å²) >= 11 is 0. The second-order valence-corrected chi connectivity index (χ2v) is 15.3. The molecular formula is C48H40BF3O5S. The molecule has 0 atom stereocenters. The molecule has 0 unspecified atom stereocenters. The van der Waals surface area contributed by atoms with Crippen molar-refractivity contribution in [1.82, 2.24) is 0 Å². The second kappa shape index (κ2) is 18.4. The van der Waals surface area contributed by atoms with Crippen LogP contribution in [0.25, 0.3) is 43.8 Å². The lowest BCUT2D eigenvalue weighted by Crippen LogP contribution is -2.29. The van der Waals surface area contributed by atoms with Gasteiger partial charge in [-0.2, -0.15) is 21.6 Å². The van der Waals surface area contributed by atoms with Crippen molar-refractivity contribution in [2.24, 2.45) is 0 Å². The molecule has 0 spiro atoms. The number of hydrogen-bond acceptors (Lipinski definition) is 5. The summed E-state index contributed by atoms with van der Waals surface area (Å²) in [4.78, 5) is 0. The zero-order chi connectivity index (χ0) is 41.3. The number of fused-ring (bicyclic) bond motifs is 2. The number of alkyl halides is 3. The van der Waals surface area contributed by atoms with Crippen LogP contribution in [0, 0.1) is 13.8 Å². The highest BCUT2D eigenvalue weighted by atomic mass is 32.2. The average Bonchev–Trinajstić information content (AvgIpc) is 3.21. The maximum Gasteiger partial charge on any atom is 0.534 e. The van der Waals surface area contributed by atoms with E-state index >= 15 is 0 Å². The first-order valence-corrected chi connectivity index (χ1v) is 19.8. The highest BCUT2D eigenvalue weighted by Gasteiger charge is 2.48. The molecule has 8 aromatic rings. The summed E-state index contributed by atoms with van der Waals surface area (Å²) < 4.78 is 62.4. The van der Waals surface area contributed by atoms with E-state index in [4.69, 9.17) is 10.0 Å². The minimum absolute atomic E-state index is 0.365. The predicted octanol–water partition coefficient (Wildman–Crippen LogP) is 10.8. The van der Waals surface area contributed by atoms with Gasteiger partial charge in [-0.3, -0.25) is 0 Å². The molecule has 58 heavy (non-hydrogen) atoms. The van der Waals surface area contributed by atoms with Crippen molar-refractivity contribution in [2.45, 2.75) is 25.8 Å². The van der Waals surface area contributed by atoms with Gasteiger partial charge in [-0.15, -0.1) is 0 Å². The highest BCUT2D eigenvalue weighted by molar-refractivity contribution is 7.88. The van der Waals surface area contributed by atoms with Crippen LogP contribution in [0.3, 0.4) is 0 Å². The standard InChI is InChI=1S/C24H20.C12H11BO2.C12H9F3O3S/c1-18-7-11-23-14-10-20(17-24(23)15-18)16-19-8-12-22(13-9-19)21-5-3-2-4-6-21;14-13(15)12-8-4-7-11(9-12)10-5-2-1-3-6-10;1-8-2-3-9-4-5-11(7-10(9)6-8)18-19(16,17)12(13,14)15/h2-15,17H,16H2,1H3;1-9,14-15H;2-7H,1H3. The summed E-state index contributed by atoms with van der Waals surface area (Å²) in [6.45, 7) is 3.97. The molecule has 0 bridgehead atoms. The monoisotopic (exact) mass is 796 g/mol. The minimum Gasteiger partial charge on any atom is -0.423 e. The van der Waals surface area contributed by atoms with E-state index in [9.17, 15) is 21.6 Å². The molecule has 292 valence electrons. The molecule has 0 amide bonds. The smallest absolute Gasteiger partial charge is 0.423 e. The molecule has 0 aliphatic heterocycles. The van der Waals surface area contributed by atoms with E-state index in [0.29, 0.717) is 10.8 Å². The van der Waals surface area contributed by atoms with Gasteiger partial charge in [0.15, 0.2) is 0 Å². The fourth-order valence-electron chi connectivity index (χ4n) is 6.29. The predicted molar refractivity (Wildman–Crippen MR) is 229 cm³/mol. The fourth-order valence-corrected chi connectivity index (χ4v) is 6.74. The molecule has 0 saturated carbocycles. The van der Waals surface area contributed by atoms with Gasteiger partial charge in [-0.05, 0) is 92.8 Å². The number of hydrogen-bond donors (Lipinski definition) is 2. The van der Waals surface area contributed by atoms with Gasteiger partial charge in [0.1, 0.15) is 5.75 Å². The van der Waals surface area contributed by atoms with Gasteiger partial charge in [0, 0.05) is 0 Å². The van der Waals surface area contributed by atoms with Crippen LogP contribution in [-0.4, -0.2) is 31.1 Å². The average molecular weight is 797 g/mol. The Labute approximate surface area is 336 Å². The van der Waals surface area contributed by atoms with Crippen LogP contribution in [0.5, 0.6) is 5.75 Å². The van der Waals surface area contributed by atoms with Crippen LogP contribution >= 0.6 is 0 Å². The Morgan fingerprint density at radius 1 is 0.500 bits per heavy atom. The van der Waals surface area contributed by atoms with Crippen molar-refractivity contribution in [3.8, 4) is 28.0 Å². The Hall–Kier alpha value is -6.20. The maximum absolute atomic E-state index is 12.2. The van der Waals surface area contributed by atoms with E-state index in [1.54, 1.807) is 24.3 Å². The summed E-state index contributed by atoms with van der Waals surface area (Å²) in [7, 11) is -7.04. The Bertz CT molecular complexity index is 2720. The number of rotatable bonds is 7. The van der Waals surface area contributed by atoms with Gasteiger partial charge in [-0.1, -0.05) is 181 Å². The van der Waals surface area contributed by atoms with E-state index in [1.165, 1.54) is 56.8 Å². The lowest BCUT2D eigenvalue weighted by Gasteiger charge is -2.10. The van der Waals surface area contributed by atoms with Crippen molar-refractivity contribution in [1.29, 1.82) is 0 Å². The second-order valence-electron chi connectivity index (χ2n) is 13.8. The molecule has 8 aromatic carbocycles. The zero-order valence-electron chi connectivity index (χ0n) is 31.8. The molecule has 2 N–H and O–H groups in total. The van der Waals surface area contributed by atoms with E-state index in [-0.39, 0.29) is 5.75 Å². The highest BCUT2D eigenvalue weighted by Crippen LogP contribution is 2.29. The molecule has 0 fully saturated rings. The van der Waals surface area contributed by atoms with Gasteiger partial charge >= 0.3 is 22.7 Å². The van der Waals surface area contributed by atoms with E-state index in [0.717, 1.165) is 28.5 Å². The summed E-state index contributed by atoms with van der Waals surface area (Å²) in [6, 6.07) is 59.2. The first kappa shape index (κ1) is 41.4. The third-order valence-corrected chi connectivity index (χ3v) is 10.3. The van der Waals surface area contributed by atoms with Crippen molar-refractivity contribution in [3.63, 3.8) is 0 Å². The molecule has 0 saturated heterocycles. The van der Waals surface area contributed by atoms with Gasteiger partial charge < -0.3 is 14.2 Å². The number of benzene rings is 8. The van der Waals surface area contributed by atoms with Crippen LogP contribution in [-0.2, 0) is 16.5 Å². The topological polar surface area (TPSA) is 83.8 Å². The number of aryl methyl sites for hydroxylation is 2. The van der Waals surface area contributed by atoms with Crippen molar-refractivity contribution < 1.29 is 35.8 Å². The van der Waals surface area contributed by atoms with Gasteiger partial charge in [0.05, 0.1) is 0 Å². The Morgan fingerprint density at radius 3 is 1.55 bits per heavy atom. The largest absolute Gasteiger partial charge is 0.534 e. The van der Waals surface area contributed by atoms with Gasteiger partial charge in [-0.25, -0.2) is 0 Å². The first-order valence-electron chi connectivity index (χ1n) is 18.4. The summed E-state index contributed by atoms with van der Waals surface area (Å²) in [5.74, 6) is -0.365. The molecule has 0 aliphatic carbocycles. The lowest BCUT2D eigenvalue weighted by molar-refractivity contribution is -0.0500. The van der Waals surface area contributed by atoms with Crippen LogP contribution in [0.1, 0.15) is 22.3 Å². The van der Waals surface area contributed by atoms with Crippen LogP contribution < -0.4 is 9.65 Å². The normalized spacial score (nSPS) is 11.2. The number of halogens is 3. The molecule has 0 heterocycles. The SMILES string of the molecule is Cc1ccc2ccc(Cc3ccc(-c4ccccc4)cc3)cc2c1.Cc1ccc2ccc(OS(=O)(=O)C(F)(F)F)cc2c1.OB(O)c1cccc(-c2ccccc2)c1. The fraction of sp³-hybridized carbons (Fsp3) is 0.0833. The van der Waals surface area contributed by atoms with E-state index in [1.807, 2.05) is 55.5 Å². The van der Waals surface area contributed by atoms with E-state index < -0.39 is 22.7 Å². The summed E-state index contributed by atoms with van der Waals surface area (Å²) in [5, 5.41) is 22.1. The Morgan fingerprint density at radius 2 is 0.983 bits per heavy atom. The summed E-state index contributed by atoms with van der Waals surface area (Å²) in [6.07, 6.45) is 0.971. The summed E-state index contributed by atoms with van der Waals surface area (Å²) in [5.41, 5.74) is 4.60. The van der Waals surface area contributed by atoms with E-state index in [2.05, 4.69) is 102 Å². The Kier molecular flexibility index (Phi) is 13.1. The maximum atomic E-state index is 12.2.